The minimum atomic E-state index is -1.96. The second kappa shape index (κ2) is 6.96. The Morgan fingerprint density at radius 1 is 1.17 bits per heavy atom. The van der Waals surface area contributed by atoms with Crippen molar-refractivity contribution in [3.05, 3.63) is 42.0 Å². The zero-order chi connectivity index (χ0) is 18.0. The minimum Gasteiger partial charge on any atom is -0.507 e. The Labute approximate surface area is 146 Å². The van der Waals surface area contributed by atoms with Gasteiger partial charge >= 0.3 is 0 Å². The van der Waals surface area contributed by atoms with Gasteiger partial charge in [0.15, 0.2) is 8.32 Å². The highest BCUT2D eigenvalue weighted by atomic mass is 28.4. The second-order valence-electron chi connectivity index (χ2n) is 7.86. The van der Waals surface area contributed by atoms with E-state index in [1.165, 1.54) is 0 Å². The molecule has 1 N–H and O–H groups in total. The maximum absolute atomic E-state index is 10.6. The fourth-order valence-corrected chi connectivity index (χ4v) is 3.91. The summed E-state index contributed by atoms with van der Waals surface area (Å²) in [5, 5.41) is 21.7. The molecule has 0 amide bonds. The third-order valence-electron chi connectivity index (χ3n) is 5.02. The van der Waals surface area contributed by atoms with Gasteiger partial charge in [0.25, 0.3) is 0 Å². The zero-order valence-corrected chi connectivity index (χ0v) is 16.3. The Morgan fingerprint density at radius 3 is 2.46 bits per heavy atom. The van der Waals surface area contributed by atoms with E-state index in [4.69, 9.17) is 4.43 Å². The molecule has 0 saturated carbocycles. The van der Waals surface area contributed by atoms with E-state index >= 15 is 0 Å². The molecular formula is C20H27NO2Si. The number of phenols is 1. The third kappa shape index (κ3) is 3.98. The molecular weight excluding hydrogens is 314 g/mol. The normalized spacial score (nSPS) is 13.7. The molecule has 0 fully saturated rings. The van der Waals surface area contributed by atoms with E-state index in [0.717, 1.165) is 16.3 Å². The zero-order valence-electron chi connectivity index (χ0n) is 15.3. The van der Waals surface area contributed by atoms with Crippen LogP contribution in [0.2, 0.25) is 18.1 Å². The predicted octanol–water partition coefficient (Wildman–Crippen LogP) is 5.39. The molecule has 2 aromatic carbocycles. The highest BCUT2D eigenvalue weighted by Gasteiger charge is 2.39. The van der Waals surface area contributed by atoms with Crippen LogP contribution in [0.15, 0.2) is 36.4 Å². The predicted molar refractivity (Wildman–Crippen MR) is 102 cm³/mol. The molecule has 0 aromatic heterocycles. The van der Waals surface area contributed by atoms with E-state index < -0.39 is 8.32 Å². The van der Waals surface area contributed by atoms with Crippen LogP contribution in [0.5, 0.6) is 5.75 Å². The SMILES string of the molecule is CC(C)(C)[Si](C)(C)OC(CC#N)Cc1ccc2ccccc2c1O. The summed E-state index contributed by atoms with van der Waals surface area (Å²) in [6.45, 7) is 11.0. The first-order valence-electron chi connectivity index (χ1n) is 8.40. The van der Waals surface area contributed by atoms with Crippen LogP contribution < -0.4 is 0 Å². The van der Waals surface area contributed by atoms with Crippen LogP contribution >= 0.6 is 0 Å². The van der Waals surface area contributed by atoms with Crippen molar-refractivity contribution in [3.63, 3.8) is 0 Å². The average Bonchev–Trinajstić information content (AvgIpc) is 2.49. The van der Waals surface area contributed by atoms with Crippen molar-refractivity contribution in [1.82, 2.24) is 0 Å². The van der Waals surface area contributed by atoms with Gasteiger partial charge in [0.05, 0.1) is 18.6 Å². The highest BCUT2D eigenvalue weighted by Crippen LogP contribution is 2.38. The molecule has 2 rings (SSSR count). The maximum atomic E-state index is 10.6. The van der Waals surface area contributed by atoms with E-state index in [0.29, 0.717) is 18.6 Å². The van der Waals surface area contributed by atoms with E-state index in [1.807, 2.05) is 36.4 Å². The molecule has 0 aliphatic heterocycles. The number of rotatable bonds is 5. The fraction of sp³-hybridized carbons (Fsp3) is 0.450. The summed E-state index contributed by atoms with van der Waals surface area (Å²) in [5.41, 5.74) is 0.840. The summed E-state index contributed by atoms with van der Waals surface area (Å²) in [6, 6.07) is 14.0. The molecule has 0 spiro atoms. The van der Waals surface area contributed by atoms with Crippen molar-refractivity contribution in [2.24, 2.45) is 0 Å². The molecule has 4 heteroatoms. The summed E-state index contributed by atoms with van der Waals surface area (Å²) in [4.78, 5) is 0. The Balaban J connectivity index is 2.29. The molecule has 1 atom stereocenters. The molecule has 0 bridgehead atoms. The lowest BCUT2D eigenvalue weighted by molar-refractivity contribution is 0.184. The number of nitrogens with zero attached hydrogens (tertiary/aromatic N) is 1. The monoisotopic (exact) mass is 341 g/mol. The molecule has 1 unspecified atom stereocenters. The van der Waals surface area contributed by atoms with Gasteiger partial charge in [-0.1, -0.05) is 57.2 Å². The van der Waals surface area contributed by atoms with Gasteiger partial charge in [0.1, 0.15) is 5.75 Å². The Bertz CT molecular complexity index is 756. The van der Waals surface area contributed by atoms with Gasteiger partial charge in [0, 0.05) is 11.8 Å². The molecule has 128 valence electrons. The fourth-order valence-electron chi connectivity index (χ4n) is 2.56. The molecule has 0 heterocycles. The lowest BCUT2D eigenvalue weighted by atomic mass is 10.0. The summed E-state index contributed by atoms with van der Waals surface area (Å²) in [7, 11) is -1.96. The van der Waals surface area contributed by atoms with Gasteiger partial charge in [-0.25, -0.2) is 0 Å². The van der Waals surface area contributed by atoms with Gasteiger partial charge in [0.2, 0.25) is 0 Å². The topological polar surface area (TPSA) is 53.2 Å². The van der Waals surface area contributed by atoms with E-state index in [1.54, 1.807) is 0 Å². The minimum absolute atomic E-state index is 0.0894. The van der Waals surface area contributed by atoms with Gasteiger partial charge in [-0.05, 0) is 29.1 Å². The number of phenolic OH excluding ortho intramolecular Hbond substituents is 1. The van der Waals surface area contributed by atoms with Crippen molar-refractivity contribution >= 4 is 19.1 Å². The van der Waals surface area contributed by atoms with E-state index in [-0.39, 0.29) is 11.1 Å². The van der Waals surface area contributed by atoms with Crippen LogP contribution in [-0.4, -0.2) is 19.5 Å². The molecule has 3 nitrogen and oxygen atoms in total. The molecule has 0 radical (unpaired) electrons. The summed E-state index contributed by atoms with van der Waals surface area (Å²) in [6.07, 6.45) is 0.693. The van der Waals surface area contributed by atoms with Crippen LogP contribution in [0, 0.1) is 11.3 Å². The third-order valence-corrected chi connectivity index (χ3v) is 9.55. The van der Waals surface area contributed by atoms with Crippen LogP contribution in [0.4, 0.5) is 0 Å². The smallest absolute Gasteiger partial charge is 0.192 e. The first-order valence-corrected chi connectivity index (χ1v) is 11.3. The second-order valence-corrected chi connectivity index (χ2v) is 12.6. The number of hydrogen-bond acceptors (Lipinski definition) is 3. The Kier molecular flexibility index (Phi) is 5.37. The number of aromatic hydroxyl groups is 1. The average molecular weight is 342 g/mol. The van der Waals surface area contributed by atoms with Crippen molar-refractivity contribution < 1.29 is 9.53 Å². The largest absolute Gasteiger partial charge is 0.507 e. The van der Waals surface area contributed by atoms with Crippen LogP contribution in [-0.2, 0) is 10.8 Å². The van der Waals surface area contributed by atoms with Gasteiger partial charge in [-0.3, -0.25) is 0 Å². The Morgan fingerprint density at radius 2 is 1.83 bits per heavy atom. The molecule has 2 aromatic rings. The van der Waals surface area contributed by atoms with Crippen molar-refractivity contribution in [2.75, 3.05) is 0 Å². The van der Waals surface area contributed by atoms with Crippen molar-refractivity contribution in [2.45, 2.75) is 57.8 Å². The molecule has 0 aliphatic rings. The standard InChI is InChI=1S/C20H27NO2Si/c1-20(2,3)24(4,5)23-17(12-13-21)14-16-11-10-15-8-6-7-9-18(15)19(16)22/h6-11,17,22H,12,14H2,1-5H3. The molecule has 0 saturated heterocycles. The Hall–Kier alpha value is -1.83. The number of hydrogen-bond donors (Lipinski definition) is 1. The number of benzene rings is 2. The summed E-state index contributed by atoms with van der Waals surface area (Å²) < 4.78 is 6.42. The first kappa shape index (κ1) is 18.5. The number of nitriles is 1. The van der Waals surface area contributed by atoms with Crippen molar-refractivity contribution in [3.8, 4) is 11.8 Å². The van der Waals surface area contributed by atoms with E-state index in [2.05, 4.69) is 39.9 Å². The van der Waals surface area contributed by atoms with Crippen LogP contribution in [0.3, 0.4) is 0 Å². The quantitative estimate of drug-likeness (QED) is 0.742. The van der Waals surface area contributed by atoms with Gasteiger partial charge in [-0.15, -0.1) is 0 Å². The highest BCUT2D eigenvalue weighted by molar-refractivity contribution is 6.74. The van der Waals surface area contributed by atoms with Crippen LogP contribution in [0.1, 0.15) is 32.8 Å². The maximum Gasteiger partial charge on any atom is 0.192 e. The molecule has 24 heavy (non-hydrogen) atoms. The van der Waals surface area contributed by atoms with Crippen LogP contribution in [0.25, 0.3) is 10.8 Å². The number of fused-ring (bicyclic) bond motifs is 1. The summed E-state index contributed by atoms with van der Waals surface area (Å²) >= 11 is 0. The van der Waals surface area contributed by atoms with Gasteiger partial charge in [-0.2, -0.15) is 5.26 Å². The van der Waals surface area contributed by atoms with Gasteiger partial charge < -0.3 is 9.53 Å². The lowest BCUT2D eigenvalue weighted by Crippen LogP contribution is -2.44. The molecule has 0 aliphatic carbocycles. The lowest BCUT2D eigenvalue weighted by Gasteiger charge is -2.39. The first-order chi connectivity index (χ1) is 11.2. The summed E-state index contributed by atoms with van der Waals surface area (Å²) in [5.74, 6) is 0.301. The van der Waals surface area contributed by atoms with Crippen molar-refractivity contribution in [1.29, 1.82) is 5.26 Å². The van der Waals surface area contributed by atoms with E-state index in [9.17, 15) is 10.4 Å².